The van der Waals surface area contributed by atoms with Crippen molar-refractivity contribution < 1.29 is 4.74 Å². The van der Waals surface area contributed by atoms with Crippen molar-refractivity contribution in [3.8, 4) is 11.8 Å². The summed E-state index contributed by atoms with van der Waals surface area (Å²) in [4.78, 5) is 0. The summed E-state index contributed by atoms with van der Waals surface area (Å²) >= 11 is 6.14. The molecule has 0 aromatic heterocycles. The highest BCUT2D eigenvalue weighted by molar-refractivity contribution is 6.32. The van der Waals surface area contributed by atoms with Gasteiger partial charge in [-0.25, -0.2) is 0 Å². The van der Waals surface area contributed by atoms with E-state index in [0.29, 0.717) is 29.8 Å². The van der Waals surface area contributed by atoms with Gasteiger partial charge in [0.1, 0.15) is 5.75 Å². The molecule has 0 saturated carbocycles. The van der Waals surface area contributed by atoms with E-state index in [1.54, 1.807) is 0 Å². The number of rotatable bonds is 7. The molecule has 0 spiro atoms. The van der Waals surface area contributed by atoms with E-state index in [1.165, 1.54) is 0 Å². The van der Waals surface area contributed by atoms with Crippen LogP contribution in [0.2, 0.25) is 5.02 Å². The maximum absolute atomic E-state index is 8.42. The van der Waals surface area contributed by atoms with Gasteiger partial charge in [0.15, 0.2) is 0 Å². The molecule has 0 bridgehead atoms. The zero-order chi connectivity index (χ0) is 13.4. The first-order valence-electron chi connectivity index (χ1n) is 6.15. The van der Waals surface area contributed by atoms with Gasteiger partial charge in [0.05, 0.1) is 17.7 Å². The molecule has 18 heavy (non-hydrogen) atoms. The van der Waals surface area contributed by atoms with Crippen LogP contribution in [0.3, 0.4) is 0 Å². The Bertz CT molecular complexity index is 413. The lowest BCUT2D eigenvalue weighted by Gasteiger charge is -2.11. The van der Waals surface area contributed by atoms with Gasteiger partial charge in [-0.15, -0.1) is 0 Å². The van der Waals surface area contributed by atoms with E-state index >= 15 is 0 Å². The second kappa shape index (κ2) is 7.97. The second-order valence-corrected chi connectivity index (χ2v) is 4.82. The van der Waals surface area contributed by atoms with Crippen molar-refractivity contribution in [2.24, 2.45) is 0 Å². The Balaban J connectivity index is 2.49. The fourth-order valence-corrected chi connectivity index (χ4v) is 1.68. The minimum absolute atomic E-state index is 0.450. The number of nitriles is 1. The molecule has 0 atom stereocenters. The zero-order valence-corrected chi connectivity index (χ0v) is 11.6. The van der Waals surface area contributed by atoms with Gasteiger partial charge in [-0.1, -0.05) is 31.5 Å². The van der Waals surface area contributed by atoms with Crippen molar-refractivity contribution in [3.05, 3.63) is 28.8 Å². The Kier molecular flexibility index (Phi) is 6.56. The van der Waals surface area contributed by atoms with Gasteiger partial charge in [-0.3, -0.25) is 0 Å². The van der Waals surface area contributed by atoms with E-state index in [4.69, 9.17) is 21.6 Å². The van der Waals surface area contributed by atoms with Gasteiger partial charge in [-0.05, 0) is 24.1 Å². The Morgan fingerprint density at radius 1 is 1.44 bits per heavy atom. The lowest BCUT2D eigenvalue weighted by molar-refractivity contribution is 0.313. The average molecular weight is 267 g/mol. The highest BCUT2D eigenvalue weighted by atomic mass is 35.5. The van der Waals surface area contributed by atoms with Crippen LogP contribution >= 0.6 is 11.6 Å². The van der Waals surface area contributed by atoms with Crippen molar-refractivity contribution in [1.82, 2.24) is 5.32 Å². The van der Waals surface area contributed by atoms with Crippen LogP contribution in [0.4, 0.5) is 0 Å². The van der Waals surface area contributed by atoms with E-state index < -0.39 is 0 Å². The van der Waals surface area contributed by atoms with Crippen LogP contribution in [0.5, 0.6) is 5.75 Å². The molecule has 0 radical (unpaired) electrons. The maximum atomic E-state index is 8.42. The van der Waals surface area contributed by atoms with E-state index in [-0.39, 0.29) is 0 Å². The summed E-state index contributed by atoms with van der Waals surface area (Å²) in [6.07, 6.45) is 1.23. The molecule has 0 saturated heterocycles. The van der Waals surface area contributed by atoms with Crippen LogP contribution < -0.4 is 10.1 Å². The molecular weight excluding hydrogens is 248 g/mol. The largest absolute Gasteiger partial charge is 0.492 e. The van der Waals surface area contributed by atoms with Gasteiger partial charge in [0.25, 0.3) is 0 Å². The summed E-state index contributed by atoms with van der Waals surface area (Å²) in [7, 11) is 0. The van der Waals surface area contributed by atoms with Crippen LogP contribution in [0.1, 0.15) is 32.3 Å². The molecule has 0 aliphatic rings. The molecule has 1 N–H and O–H groups in total. The monoisotopic (exact) mass is 266 g/mol. The normalized spacial score (nSPS) is 10.4. The summed E-state index contributed by atoms with van der Waals surface area (Å²) in [5.41, 5.74) is 1.14. The van der Waals surface area contributed by atoms with Crippen molar-refractivity contribution >= 4 is 11.6 Å². The minimum Gasteiger partial charge on any atom is -0.492 e. The Labute approximate surface area is 114 Å². The van der Waals surface area contributed by atoms with Gasteiger partial charge in [0.2, 0.25) is 0 Å². The number of ether oxygens (including phenoxy) is 1. The summed E-state index contributed by atoms with van der Waals surface area (Å²) in [6, 6.07) is 8.33. The van der Waals surface area contributed by atoms with Crippen molar-refractivity contribution in [1.29, 1.82) is 5.26 Å². The Morgan fingerprint density at radius 3 is 2.83 bits per heavy atom. The quantitative estimate of drug-likeness (QED) is 0.768. The summed E-state index contributed by atoms with van der Waals surface area (Å²) in [6.45, 7) is 5.53. The number of halogens is 1. The topological polar surface area (TPSA) is 45.0 Å². The first-order chi connectivity index (χ1) is 8.63. The maximum Gasteiger partial charge on any atom is 0.137 e. The van der Waals surface area contributed by atoms with Crippen molar-refractivity contribution in [2.45, 2.75) is 39.3 Å². The number of hydrogen-bond acceptors (Lipinski definition) is 3. The third kappa shape index (κ3) is 5.39. The molecule has 0 fully saturated rings. The number of hydrogen-bond donors (Lipinski definition) is 1. The van der Waals surface area contributed by atoms with E-state index in [0.717, 1.165) is 18.5 Å². The summed E-state index contributed by atoms with van der Waals surface area (Å²) < 4.78 is 5.52. The van der Waals surface area contributed by atoms with Gasteiger partial charge in [-0.2, -0.15) is 5.26 Å². The number of nitrogens with one attached hydrogen (secondary N) is 1. The molecule has 3 nitrogen and oxygen atoms in total. The molecule has 0 heterocycles. The van der Waals surface area contributed by atoms with Crippen LogP contribution in [0, 0.1) is 11.3 Å². The van der Waals surface area contributed by atoms with Crippen LogP contribution in [0.15, 0.2) is 18.2 Å². The van der Waals surface area contributed by atoms with Gasteiger partial charge >= 0.3 is 0 Å². The number of nitrogens with zero attached hydrogens (tertiary/aromatic N) is 1. The fraction of sp³-hybridized carbons (Fsp3) is 0.500. The smallest absolute Gasteiger partial charge is 0.137 e. The number of benzene rings is 1. The fourth-order valence-electron chi connectivity index (χ4n) is 1.43. The molecule has 0 amide bonds. The molecule has 4 heteroatoms. The lowest BCUT2D eigenvalue weighted by atomic mass is 10.2. The van der Waals surface area contributed by atoms with Crippen molar-refractivity contribution in [3.63, 3.8) is 0 Å². The SMILES string of the molecule is CC(C)NCc1ccc(OCCCC#N)c(Cl)c1. The summed E-state index contributed by atoms with van der Waals surface area (Å²) in [5.74, 6) is 0.683. The third-order valence-corrected chi connectivity index (χ3v) is 2.70. The summed E-state index contributed by atoms with van der Waals surface area (Å²) in [5, 5.41) is 12.4. The second-order valence-electron chi connectivity index (χ2n) is 4.41. The Morgan fingerprint density at radius 2 is 2.22 bits per heavy atom. The third-order valence-electron chi connectivity index (χ3n) is 2.40. The molecule has 1 rings (SSSR count). The predicted molar refractivity (Wildman–Crippen MR) is 73.8 cm³/mol. The molecule has 0 aliphatic carbocycles. The van der Waals surface area contributed by atoms with Crippen LogP contribution in [0.25, 0.3) is 0 Å². The molecular formula is C14H19ClN2O. The molecule has 1 aromatic rings. The van der Waals surface area contributed by atoms with Crippen LogP contribution in [-0.2, 0) is 6.54 Å². The molecule has 1 aromatic carbocycles. The van der Waals surface area contributed by atoms with Crippen LogP contribution in [-0.4, -0.2) is 12.6 Å². The first-order valence-corrected chi connectivity index (χ1v) is 6.53. The standard InChI is InChI=1S/C14H19ClN2O/c1-11(2)17-10-12-5-6-14(13(15)9-12)18-8-4-3-7-16/h5-6,9,11,17H,3-4,8,10H2,1-2H3. The van der Waals surface area contributed by atoms with Crippen molar-refractivity contribution in [2.75, 3.05) is 6.61 Å². The number of unbranched alkanes of at least 4 members (excludes halogenated alkanes) is 1. The molecule has 0 aliphatic heterocycles. The van der Waals surface area contributed by atoms with E-state index in [9.17, 15) is 0 Å². The molecule has 0 unspecified atom stereocenters. The predicted octanol–water partition coefficient (Wildman–Crippen LogP) is 3.52. The first kappa shape index (κ1) is 14.8. The Hall–Kier alpha value is -1.24. The van der Waals surface area contributed by atoms with E-state index in [1.807, 2.05) is 18.2 Å². The lowest BCUT2D eigenvalue weighted by Crippen LogP contribution is -2.21. The highest BCUT2D eigenvalue weighted by Gasteiger charge is 2.03. The molecule has 98 valence electrons. The van der Waals surface area contributed by atoms with Gasteiger partial charge < -0.3 is 10.1 Å². The zero-order valence-electron chi connectivity index (χ0n) is 10.9. The van der Waals surface area contributed by atoms with Gasteiger partial charge in [0, 0.05) is 19.0 Å². The minimum atomic E-state index is 0.450. The average Bonchev–Trinajstić information content (AvgIpc) is 2.34. The van der Waals surface area contributed by atoms with E-state index in [2.05, 4.69) is 25.2 Å². The highest BCUT2D eigenvalue weighted by Crippen LogP contribution is 2.25.